The maximum atomic E-state index is 14.9. The highest BCUT2D eigenvalue weighted by Gasteiger charge is 2.53. The average Bonchev–Trinajstić information content (AvgIpc) is 3.68. The third-order valence-corrected chi connectivity index (χ3v) is 6.49. The van der Waals surface area contributed by atoms with Crippen LogP contribution < -0.4 is 25.6 Å². The molecule has 1 aromatic heterocycles. The van der Waals surface area contributed by atoms with Gasteiger partial charge in [0.2, 0.25) is 11.9 Å². The fourth-order valence-corrected chi connectivity index (χ4v) is 4.51. The van der Waals surface area contributed by atoms with Crippen LogP contribution in [-0.2, 0) is 4.79 Å². The number of nitrogens with zero attached hydrogens (tertiary/aromatic N) is 4. The quantitative estimate of drug-likeness (QED) is 0.541. The number of anilines is 4. The number of hydrogen-bond donors (Lipinski definition) is 2. The van der Waals surface area contributed by atoms with Crippen LogP contribution in [0.25, 0.3) is 0 Å². The van der Waals surface area contributed by atoms with Crippen molar-refractivity contribution in [1.29, 1.82) is 0 Å². The molecule has 9 nitrogen and oxygen atoms in total. The van der Waals surface area contributed by atoms with Gasteiger partial charge in [-0.1, -0.05) is 30.3 Å². The number of primary amides is 1. The van der Waals surface area contributed by atoms with Gasteiger partial charge in [-0.15, -0.1) is 0 Å². The van der Waals surface area contributed by atoms with Crippen LogP contribution in [-0.4, -0.2) is 54.4 Å². The molecule has 1 saturated carbocycles. The van der Waals surface area contributed by atoms with E-state index in [1.165, 1.54) is 37.4 Å². The number of methoxy groups -OCH3 is 1. The molecule has 2 aliphatic rings. The first kappa shape index (κ1) is 23.5. The van der Waals surface area contributed by atoms with Crippen LogP contribution in [0.3, 0.4) is 0 Å². The Hall–Kier alpha value is -4.28. The highest BCUT2D eigenvalue weighted by Crippen LogP contribution is 2.49. The smallest absolute Gasteiger partial charge is 0.342 e. The second kappa shape index (κ2) is 8.74. The molecule has 2 atom stereocenters. The van der Waals surface area contributed by atoms with Crippen LogP contribution in [0, 0.1) is 0 Å². The summed E-state index contributed by atoms with van der Waals surface area (Å²) in [4.78, 5) is 35.3. The van der Waals surface area contributed by atoms with E-state index >= 15 is 0 Å². The molecule has 5 rings (SSSR count). The Kier molecular flexibility index (Phi) is 5.70. The summed E-state index contributed by atoms with van der Waals surface area (Å²) >= 11 is 0. The summed E-state index contributed by atoms with van der Waals surface area (Å²) in [7, 11) is 2.73. The van der Waals surface area contributed by atoms with Gasteiger partial charge in [0.05, 0.1) is 25.5 Å². The van der Waals surface area contributed by atoms with E-state index in [1.807, 2.05) is 30.3 Å². The Morgan fingerprint density at radius 3 is 2.67 bits per heavy atom. The Labute approximate surface area is 205 Å². The number of carbonyl (C=O) groups is 2. The lowest BCUT2D eigenvalue weighted by atomic mass is 10.1. The molecule has 1 fully saturated rings. The van der Waals surface area contributed by atoms with Crippen molar-refractivity contribution in [2.24, 2.45) is 5.73 Å². The molecule has 36 heavy (non-hydrogen) atoms. The average molecular weight is 495 g/mol. The van der Waals surface area contributed by atoms with Crippen LogP contribution in [0.1, 0.15) is 28.3 Å². The summed E-state index contributed by atoms with van der Waals surface area (Å²) in [6.07, 6.45) is 2.01. The molecule has 3 aromatic rings. The van der Waals surface area contributed by atoms with Crippen molar-refractivity contribution < 1.29 is 23.1 Å². The zero-order valence-electron chi connectivity index (χ0n) is 19.6. The maximum Gasteiger partial charge on any atom is 0.342 e. The first-order chi connectivity index (χ1) is 17.2. The fraction of sp³-hybridized carbons (Fsp3) is 0.280. The van der Waals surface area contributed by atoms with Crippen molar-refractivity contribution in [3.8, 4) is 5.75 Å². The monoisotopic (exact) mass is 494 g/mol. The summed E-state index contributed by atoms with van der Waals surface area (Å²) in [6.45, 7) is -0.787. The van der Waals surface area contributed by atoms with Gasteiger partial charge in [-0.2, -0.15) is 13.8 Å². The number of fused-ring (bicyclic) bond motifs is 1. The summed E-state index contributed by atoms with van der Waals surface area (Å²) < 4.78 is 35.2. The largest absolute Gasteiger partial charge is 0.495 e. The second-order valence-electron chi connectivity index (χ2n) is 8.82. The number of amides is 2. The third-order valence-electron chi connectivity index (χ3n) is 6.49. The lowest BCUT2D eigenvalue weighted by molar-refractivity contribution is -0.140. The van der Waals surface area contributed by atoms with Crippen molar-refractivity contribution in [1.82, 2.24) is 9.97 Å². The first-order valence-electron chi connectivity index (χ1n) is 11.3. The van der Waals surface area contributed by atoms with Crippen molar-refractivity contribution in [3.05, 3.63) is 65.9 Å². The number of aromatic nitrogens is 2. The Morgan fingerprint density at radius 2 is 1.97 bits per heavy atom. The van der Waals surface area contributed by atoms with Gasteiger partial charge in [0.15, 0.2) is 5.82 Å². The number of halogens is 2. The lowest BCUT2D eigenvalue weighted by Crippen LogP contribution is -2.46. The highest BCUT2D eigenvalue weighted by atomic mass is 19.3. The molecular weight excluding hydrogens is 470 g/mol. The molecule has 2 unspecified atom stereocenters. The van der Waals surface area contributed by atoms with Gasteiger partial charge in [0.1, 0.15) is 11.4 Å². The predicted molar refractivity (Wildman–Crippen MR) is 130 cm³/mol. The molecular formula is C25H24F2N6O3. The molecule has 1 aliphatic carbocycles. The molecule has 2 aromatic carbocycles. The fourth-order valence-electron chi connectivity index (χ4n) is 4.51. The predicted octanol–water partition coefficient (Wildman–Crippen LogP) is 3.30. The Bertz CT molecular complexity index is 1340. The van der Waals surface area contributed by atoms with Crippen molar-refractivity contribution in [2.45, 2.75) is 24.3 Å². The number of nitrogens with two attached hydrogens (primary N) is 1. The van der Waals surface area contributed by atoms with Crippen molar-refractivity contribution in [2.75, 3.05) is 35.8 Å². The number of carbonyl (C=O) groups excluding carboxylic acids is 2. The number of ether oxygens (including phenoxy) is 1. The molecule has 0 radical (unpaired) electrons. The summed E-state index contributed by atoms with van der Waals surface area (Å²) in [5.74, 6) is -4.80. The normalized spacial score (nSPS) is 20.4. The van der Waals surface area contributed by atoms with Crippen molar-refractivity contribution in [3.63, 3.8) is 0 Å². The van der Waals surface area contributed by atoms with Crippen LogP contribution in [0.2, 0.25) is 0 Å². The van der Waals surface area contributed by atoms with E-state index in [1.54, 1.807) is 6.07 Å². The molecule has 3 N–H and O–H groups in total. The molecule has 186 valence electrons. The number of rotatable bonds is 6. The van der Waals surface area contributed by atoms with E-state index < -0.39 is 24.3 Å². The molecule has 1 aliphatic heterocycles. The van der Waals surface area contributed by atoms with Crippen LogP contribution in [0.15, 0.2) is 54.7 Å². The zero-order chi connectivity index (χ0) is 25.6. The van der Waals surface area contributed by atoms with E-state index in [-0.39, 0.29) is 35.0 Å². The van der Waals surface area contributed by atoms with Gasteiger partial charge < -0.3 is 25.6 Å². The summed E-state index contributed by atoms with van der Waals surface area (Å²) in [5, 5.41) is 3.01. The number of nitrogens with one attached hydrogen (secondary N) is 1. The minimum absolute atomic E-state index is 0.0428. The molecule has 2 heterocycles. The Morgan fingerprint density at radius 1 is 1.22 bits per heavy atom. The van der Waals surface area contributed by atoms with Gasteiger partial charge in [0.25, 0.3) is 5.91 Å². The van der Waals surface area contributed by atoms with Crippen LogP contribution in [0.4, 0.5) is 31.9 Å². The molecule has 2 amide bonds. The van der Waals surface area contributed by atoms with Gasteiger partial charge in [-0.25, -0.2) is 4.98 Å². The lowest BCUT2D eigenvalue weighted by Gasteiger charge is -2.26. The number of benzene rings is 2. The van der Waals surface area contributed by atoms with Crippen LogP contribution >= 0.6 is 0 Å². The van der Waals surface area contributed by atoms with Crippen molar-refractivity contribution >= 4 is 35.0 Å². The minimum Gasteiger partial charge on any atom is -0.495 e. The van der Waals surface area contributed by atoms with Gasteiger partial charge in [0, 0.05) is 24.6 Å². The summed E-state index contributed by atoms with van der Waals surface area (Å²) in [6, 6.07) is 14.0. The molecule has 0 saturated heterocycles. The number of alkyl halides is 2. The Balaban J connectivity index is 1.52. The summed E-state index contributed by atoms with van der Waals surface area (Å²) in [5.41, 5.74) is 7.29. The number of hydrogen-bond acceptors (Lipinski definition) is 7. The minimum atomic E-state index is -3.60. The zero-order valence-corrected chi connectivity index (χ0v) is 19.6. The first-order valence-corrected chi connectivity index (χ1v) is 11.3. The SMILES string of the molecule is COc1cc(C(N)=O)ccc1Nc1ncc2c(n1)N(C1CC1c1ccccc1)CC(F)(F)C(=O)N2C. The van der Waals surface area contributed by atoms with E-state index in [4.69, 9.17) is 10.5 Å². The molecule has 11 heteroatoms. The van der Waals surface area contributed by atoms with E-state index in [2.05, 4.69) is 15.3 Å². The molecule has 0 bridgehead atoms. The topological polar surface area (TPSA) is 114 Å². The van der Waals surface area contributed by atoms with E-state index in [0.717, 1.165) is 10.5 Å². The van der Waals surface area contributed by atoms with E-state index in [0.29, 0.717) is 17.9 Å². The standard InChI is InChI=1S/C25H24F2N6O3/c1-32-19-12-29-24(30-17-9-8-15(21(28)34)10-20(17)36-2)31-22(19)33(13-25(26,27)23(32)35)18-11-16(18)14-6-4-3-5-7-14/h3-10,12,16,18H,11,13H2,1-2H3,(H2,28,34)(H,29,30,31). The van der Waals surface area contributed by atoms with Gasteiger partial charge in [-0.3, -0.25) is 9.59 Å². The maximum absolute atomic E-state index is 14.9. The third kappa shape index (κ3) is 4.16. The van der Waals surface area contributed by atoms with Crippen LogP contribution in [0.5, 0.6) is 5.75 Å². The second-order valence-corrected chi connectivity index (χ2v) is 8.82. The molecule has 0 spiro atoms. The van der Waals surface area contributed by atoms with Gasteiger partial charge >= 0.3 is 5.92 Å². The van der Waals surface area contributed by atoms with Gasteiger partial charge in [-0.05, 0) is 30.2 Å². The van der Waals surface area contributed by atoms with E-state index in [9.17, 15) is 18.4 Å². The highest BCUT2D eigenvalue weighted by molar-refractivity contribution is 6.02.